The maximum absolute atomic E-state index is 12.6. The summed E-state index contributed by atoms with van der Waals surface area (Å²) in [5.74, 6) is -0.0109. The minimum absolute atomic E-state index is 0.0109. The molecule has 0 aliphatic carbocycles. The van der Waals surface area contributed by atoms with Gasteiger partial charge in [0.15, 0.2) is 0 Å². The van der Waals surface area contributed by atoms with Crippen molar-refractivity contribution in [1.29, 1.82) is 0 Å². The highest BCUT2D eigenvalue weighted by Crippen LogP contribution is 2.16. The predicted octanol–water partition coefficient (Wildman–Crippen LogP) is 2.36. The van der Waals surface area contributed by atoms with Crippen LogP contribution in [0.3, 0.4) is 0 Å². The fraction of sp³-hybridized carbons (Fsp3) is 0.350. The number of piperidine rings is 1. The Bertz CT molecular complexity index is 897. The van der Waals surface area contributed by atoms with Gasteiger partial charge in [0.05, 0.1) is 17.4 Å². The van der Waals surface area contributed by atoms with Gasteiger partial charge in [0.1, 0.15) is 0 Å². The Morgan fingerprint density at radius 3 is 2.88 bits per heavy atom. The molecule has 1 saturated heterocycles. The summed E-state index contributed by atoms with van der Waals surface area (Å²) < 4.78 is 1.95. The van der Waals surface area contributed by atoms with Crippen molar-refractivity contribution >= 4 is 16.9 Å². The van der Waals surface area contributed by atoms with E-state index in [1.165, 1.54) is 5.56 Å². The Kier molecular flexibility index (Phi) is 4.67. The summed E-state index contributed by atoms with van der Waals surface area (Å²) in [6.45, 7) is 2.89. The smallest absolute Gasteiger partial charge is 0.251 e. The molecule has 2 aromatic heterocycles. The van der Waals surface area contributed by atoms with Gasteiger partial charge in [0.2, 0.25) is 0 Å². The first kappa shape index (κ1) is 16.7. The maximum Gasteiger partial charge on any atom is 0.251 e. The average Bonchev–Trinajstić information content (AvgIpc) is 3.04. The van der Waals surface area contributed by atoms with Crippen molar-refractivity contribution < 1.29 is 4.79 Å². The largest absolute Gasteiger partial charge is 0.349 e. The van der Waals surface area contributed by atoms with Crippen LogP contribution >= 0.6 is 0 Å². The molecule has 6 heteroatoms. The molecule has 1 N–H and O–H groups in total. The number of amides is 1. The molecule has 0 atom stereocenters. The highest BCUT2D eigenvalue weighted by molar-refractivity contribution is 5.97. The number of nitrogens with zero attached hydrogens (tertiary/aromatic N) is 4. The fourth-order valence-electron chi connectivity index (χ4n) is 3.53. The van der Waals surface area contributed by atoms with Gasteiger partial charge in [-0.1, -0.05) is 6.07 Å². The molecule has 0 saturated carbocycles. The lowest BCUT2D eigenvalue weighted by Crippen LogP contribution is -2.44. The molecule has 1 fully saturated rings. The van der Waals surface area contributed by atoms with Gasteiger partial charge in [-0.2, -0.15) is 0 Å². The third-order valence-electron chi connectivity index (χ3n) is 5.04. The van der Waals surface area contributed by atoms with Gasteiger partial charge < -0.3 is 9.88 Å². The zero-order chi connectivity index (χ0) is 17.9. The number of aromatic nitrogens is 3. The zero-order valence-electron chi connectivity index (χ0n) is 14.9. The number of hydrogen-bond acceptors (Lipinski definition) is 4. The van der Waals surface area contributed by atoms with Crippen molar-refractivity contribution in [2.75, 3.05) is 13.1 Å². The van der Waals surface area contributed by atoms with Gasteiger partial charge in [0, 0.05) is 50.7 Å². The number of aryl methyl sites for hydroxylation is 1. The predicted molar refractivity (Wildman–Crippen MR) is 101 cm³/mol. The molecule has 4 rings (SSSR count). The molecule has 6 nitrogen and oxygen atoms in total. The lowest BCUT2D eigenvalue weighted by atomic mass is 10.0. The number of nitrogens with one attached hydrogen (secondary N) is 1. The molecule has 3 heterocycles. The molecule has 0 radical (unpaired) electrons. The van der Waals surface area contributed by atoms with Crippen LogP contribution in [0.15, 0.2) is 49.1 Å². The van der Waals surface area contributed by atoms with Gasteiger partial charge in [-0.15, -0.1) is 0 Å². The second-order valence-corrected chi connectivity index (χ2v) is 6.94. The monoisotopic (exact) mass is 349 g/mol. The van der Waals surface area contributed by atoms with Gasteiger partial charge in [-0.05, 0) is 42.7 Å². The Labute approximate surface area is 152 Å². The lowest BCUT2D eigenvalue weighted by Gasteiger charge is -2.32. The van der Waals surface area contributed by atoms with Crippen LogP contribution in [0, 0.1) is 0 Å². The molecule has 26 heavy (non-hydrogen) atoms. The number of rotatable bonds is 4. The number of imidazole rings is 1. The van der Waals surface area contributed by atoms with Crippen LogP contribution in [0.25, 0.3) is 11.0 Å². The molecular weight excluding hydrogens is 326 g/mol. The first-order chi connectivity index (χ1) is 12.7. The molecule has 0 spiro atoms. The normalized spacial score (nSPS) is 16.0. The number of hydrogen-bond donors (Lipinski definition) is 1. The summed E-state index contributed by atoms with van der Waals surface area (Å²) in [5, 5.41) is 3.18. The van der Waals surface area contributed by atoms with E-state index in [4.69, 9.17) is 0 Å². The summed E-state index contributed by atoms with van der Waals surface area (Å²) in [4.78, 5) is 23.5. The first-order valence-electron chi connectivity index (χ1n) is 9.02. The number of carbonyl (C=O) groups is 1. The van der Waals surface area contributed by atoms with E-state index in [0.717, 1.165) is 43.5 Å². The Morgan fingerprint density at radius 2 is 2.12 bits per heavy atom. The highest BCUT2D eigenvalue weighted by Gasteiger charge is 2.21. The molecule has 0 unspecified atom stereocenters. The van der Waals surface area contributed by atoms with Gasteiger partial charge in [-0.25, -0.2) is 4.98 Å². The van der Waals surface area contributed by atoms with Crippen LogP contribution in [0.1, 0.15) is 28.8 Å². The van der Waals surface area contributed by atoms with Crippen molar-refractivity contribution in [3.63, 3.8) is 0 Å². The zero-order valence-corrected chi connectivity index (χ0v) is 14.9. The van der Waals surface area contributed by atoms with Crippen molar-refractivity contribution in [1.82, 2.24) is 24.8 Å². The Hall–Kier alpha value is -2.73. The number of carbonyl (C=O) groups excluding carboxylic acids is 1. The first-order valence-corrected chi connectivity index (χ1v) is 9.02. The number of benzene rings is 1. The Balaban J connectivity index is 1.32. The van der Waals surface area contributed by atoms with Crippen LogP contribution in [-0.2, 0) is 13.6 Å². The molecule has 1 aliphatic rings. The number of pyridine rings is 1. The molecule has 134 valence electrons. The third-order valence-corrected chi connectivity index (χ3v) is 5.04. The minimum atomic E-state index is -0.0109. The highest BCUT2D eigenvalue weighted by atomic mass is 16.1. The van der Waals surface area contributed by atoms with E-state index in [1.54, 1.807) is 12.5 Å². The van der Waals surface area contributed by atoms with E-state index in [1.807, 2.05) is 42.1 Å². The van der Waals surface area contributed by atoms with Crippen molar-refractivity contribution in [3.8, 4) is 0 Å². The van der Waals surface area contributed by atoms with Crippen molar-refractivity contribution in [2.45, 2.75) is 25.4 Å². The second kappa shape index (κ2) is 7.25. The van der Waals surface area contributed by atoms with Crippen LogP contribution in [0.5, 0.6) is 0 Å². The summed E-state index contributed by atoms with van der Waals surface area (Å²) in [6.07, 6.45) is 7.43. The summed E-state index contributed by atoms with van der Waals surface area (Å²) >= 11 is 0. The molecule has 1 amide bonds. The van der Waals surface area contributed by atoms with Gasteiger partial charge >= 0.3 is 0 Å². The van der Waals surface area contributed by atoms with E-state index in [-0.39, 0.29) is 11.9 Å². The van der Waals surface area contributed by atoms with Crippen LogP contribution in [0.4, 0.5) is 0 Å². The maximum atomic E-state index is 12.6. The molecule has 3 aromatic rings. The second-order valence-electron chi connectivity index (χ2n) is 6.94. The fourth-order valence-corrected chi connectivity index (χ4v) is 3.53. The van der Waals surface area contributed by atoms with Gasteiger partial charge in [0.25, 0.3) is 5.91 Å². The van der Waals surface area contributed by atoms with E-state index in [2.05, 4.69) is 26.3 Å². The summed E-state index contributed by atoms with van der Waals surface area (Å²) in [7, 11) is 1.95. The standard InChI is InChI=1S/C20H23N5O/c1-24-14-22-18-11-16(4-5-19(18)24)20(26)23-17-6-9-25(10-7-17)13-15-3-2-8-21-12-15/h2-5,8,11-12,14,17H,6-7,9-10,13H2,1H3,(H,23,26). The minimum Gasteiger partial charge on any atom is -0.349 e. The molecular formula is C20H23N5O. The summed E-state index contributed by atoms with van der Waals surface area (Å²) in [5.41, 5.74) is 3.80. The van der Waals surface area contributed by atoms with E-state index in [0.29, 0.717) is 5.56 Å². The molecule has 0 bridgehead atoms. The van der Waals surface area contributed by atoms with Crippen LogP contribution in [-0.4, -0.2) is 44.5 Å². The quantitative estimate of drug-likeness (QED) is 0.785. The SMILES string of the molecule is Cn1cnc2cc(C(=O)NC3CCN(Cc4cccnc4)CC3)ccc21. The van der Waals surface area contributed by atoms with Crippen LogP contribution < -0.4 is 5.32 Å². The third kappa shape index (κ3) is 3.60. The molecule has 1 aliphatic heterocycles. The molecule has 1 aromatic carbocycles. The Morgan fingerprint density at radius 1 is 1.27 bits per heavy atom. The van der Waals surface area contributed by atoms with Crippen LogP contribution in [0.2, 0.25) is 0 Å². The van der Waals surface area contributed by atoms with Gasteiger partial charge in [-0.3, -0.25) is 14.7 Å². The number of fused-ring (bicyclic) bond motifs is 1. The van der Waals surface area contributed by atoms with E-state index < -0.39 is 0 Å². The lowest BCUT2D eigenvalue weighted by molar-refractivity contribution is 0.0909. The van der Waals surface area contributed by atoms with Crippen molar-refractivity contribution in [3.05, 3.63) is 60.2 Å². The topological polar surface area (TPSA) is 63.1 Å². The number of likely N-dealkylation sites (tertiary alicyclic amines) is 1. The van der Waals surface area contributed by atoms with E-state index >= 15 is 0 Å². The summed E-state index contributed by atoms with van der Waals surface area (Å²) in [6, 6.07) is 9.99. The van der Waals surface area contributed by atoms with Crippen molar-refractivity contribution in [2.24, 2.45) is 7.05 Å². The average molecular weight is 349 g/mol. The van der Waals surface area contributed by atoms with E-state index in [9.17, 15) is 4.79 Å².